The van der Waals surface area contributed by atoms with Crippen molar-refractivity contribution in [1.82, 2.24) is 5.32 Å². The largest absolute Gasteiger partial charge is 0.490 e. The topological polar surface area (TPSA) is 58.6 Å². The third-order valence-electron chi connectivity index (χ3n) is 7.85. The summed E-state index contributed by atoms with van der Waals surface area (Å²) in [6, 6.07) is 8.39. The Hall–Kier alpha value is -2.42. The number of alkyl halides is 5. The molecule has 35 heavy (non-hydrogen) atoms. The van der Waals surface area contributed by atoms with Gasteiger partial charge in [0.15, 0.2) is 0 Å². The summed E-state index contributed by atoms with van der Waals surface area (Å²) in [6.45, 7) is 4.31. The Kier molecular flexibility index (Phi) is 7.01. The van der Waals surface area contributed by atoms with Gasteiger partial charge in [-0.2, -0.15) is 13.2 Å². The van der Waals surface area contributed by atoms with Gasteiger partial charge in [0.05, 0.1) is 23.5 Å². The number of nitrogens with one attached hydrogen (secondary N) is 1. The number of halogens is 5. The van der Waals surface area contributed by atoms with Crippen LogP contribution >= 0.6 is 0 Å². The van der Waals surface area contributed by atoms with E-state index in [1.807, 2.05) is 19.9 Å². The number of hydrogen-bond donors (Lipinski definition) is 2. The number of benzene rings is 2. The molecule has 4 rings (SSSR count). The van der Waals surface area contributed by atoms with Gasteiger partial charge < -0.3 is 15.2 Å². The summed E-state index contributed by atoms with van der Waals surface area (Å²) >= 11 is 0. The van der Waals surface area contributed by atoms with Crippen LogP contribution in [0, 0.1) is 17.3 Å². The highest BCUT2D eigenvalue weighted by Crippen LogP contribution is 2.46. The minimum atomic E-state index is -4.24. The van der Waals surface area contributed by atoms with Crippen molar-refractivity contribution in [1.29, 1.82) is 0 Å². The Morgan fingerprint density at radius 1 is 1.14 bits per heavy atom. The Morgan fingerprint density at radius 2 is 1.83 bits per heavy atom. The van der Waals surface area contributed by atoms with Crippen molar-refractivity contribution in [2.75, 3.05) is 0 Å². The maximum Gasteiger partial charge on any atom is 0.391 e. The lowest BCUT2D eigenvalue weighted by atomic mass is 9.58. The molecule has 2 N–H and O–H groups in total. The van der Waals surface area contributed by atoms with Crippen molar-refractivity contribution in [3.8, 4) is 5.75 Å². The number of ether oxygens (including phenoxy) is 1. The molecule has 4 nitrogen and oxygen atoms in total. The van der Waals surface area contributed by atoms with Gasteiger partial charge in [-0.05, 0) is 66.0 Å². The average Bonchev–Trinajstić information content (AvgIpc) is 2.77. The van der Waals surface area contributed by atoms with E-state index in [1.165, 1.54) is 6.07 Å². The van der Waals surface area contributed by atoms with E-state index >= 15 is 0 Å². The molecular formula is C26H30F5NO3. The molecule has 0 saturated heterocycles. The fourth-order valence-electron chi connectivity index (χ4n) is 5.44. The smallest absolute Gasteiger partial charge is 0.391 e. The number of carbonyl (C=O) groups is 1. The van der Waals surface area contributed by atoms with Crippen LogP contribution in [0.25, 0.3) is 10.8 Å². The van der Waals surface area contributed by atoms with Crippen molar-refractivity contribution < 1.29 is 36.6 Å². The fraction of sp³-hybridized carbons (Fsp3) is 0.577. The van der Waals surface area contributed by atoms with Gasteiger partial charge in [0.2, 0.25) is 0 Å². The van der Waals surface area contributed by atoms with Crippen LogP contribution in [0.2, 0.25) is 0 Å². The van der Waals surface area contributed by atoms with Crippen molar-refractivity contribution in [3.63, 3.8) is 0 Å². The number of aliphatic carboxylic acids is 1. The first-order chi connectivity index (χ1) is 16.4. The van der Waals surface area contributed by atoms with E-state index in [0.29, 0.717) is 23.7 Å². The fourth-order valence-corrected chi connectivity index (χ4v) is 5.44. The van der Waals surface area contributed by atoms with E-state index in [2.05, 4.69) is 5.32 Å². The van der Waals surface area contributed by atoms with Crippen LogP contribution in [0.4, 0.5) is 22.0 Å². The number of carboxylic acid groups (broad SMARTS) is 1. The Morgan fingerprint density at radius 3 is 2.40 bits per heavy atom. The van der Waals surface area contributed by atoms with E-state index in [4.69, 9.17) is 4.74 Å². The first kappa shape index (κ1) is 25.7. The number of fused-ring (bicyclic) bond motifs is 1. The van der Waals surface area contributed by atoms with Crippen LogP contribution in [-0.4, -0.2) is 29.4 Å². The van der Waals surface area contributed by atoms with Crippen LogP contribution in [0.1, 0.15) is 63.5 Å². The third-order valence-corrected chi connectivity index (χ3v) is 7.85. The second kappa shape index (κ2) is 9.56. The molecule has 2 aliphatic rings. The van der Waals surface area contributed by atoms with Crippen LogP contribution in [-0.2, 0) is 11.3 Å². The molecule has 0 bridgehead atoms. The predicted octanol–water partition coefficient (Wildman–Crippen LogP) is 6.87. The third kappa shape index (κ3) is 5.25. The molecule has 0 radical (unpaired) electrons. The zero-order valence-corrected chi connectivity index (χ0v) is 19.7. The summed E-state index contributed by atoms with van der Waals surface area (Å²) < 4.78 is 72.6. The Labute approximate surface area is 200 Å². The molecule has 2 aromatic carbocycles. The van der Waals surface area contributed by atoms with Gasteiger partial charge in [0, 0.05) is 12.6 Å². The number of carboxylic acids is 1. The lowest BCUT2D eigenvalue weighted by molar-refractivity contribution is -0.185. The van der Waals surface area contributed by atoms with Crippen molar-refractivity contribution in [3.05, 3.63) is 41.5 Å². The first-order valence-corrected chi connectivity index (χ1v) is 11.9. The van der Waals surface area contributed by atoms with E-state index in [1.54, 1.807) is 18.2 Å². The molecular weight excluding hydrogens is 469 g/mol. The molecule has 2 aromatic rings. The lowest BCUT2D eigenvalue weighted by Gasteiger charge is -2.50. The summed E-state index contributed by atoms with van der Waals surface area (Å²) in [5.74, 6) is -2.54. The van der Waals surface area contributed by atoms with Crippen LogP contribution in [0.5, 0.6) is 5.75 Å². The Balaban J connectivity index is 1.46. The van der Waals surface area contributed by atoms with E-state index < -0.39 is 36.5 Å². The first-order valence-electron chi connectivity index (χ1n) is 11.9. The SMILES string of the molecule is CC1(C)C(NCc2ccc3c(C(F)F)c(OC4CCC(C(F)(F)F)CC4)ccc3c2)CC1C(=O)O. The molecule has 2 unspecified atom stereocenters. The highest BCUT2D eigenvalue weighted by atomic mass is 19.4. The molecule has 0 amide bonds. The molecule has 2 aliphatic carbocycles. The van der Waals surface area contributed by atoms with E-state index in [9.17, 15) is 31.9 Å². The monoisotopic (exact) mass is 499 g/mol. The molecule has 0 spiro atoms. The standard InChI is InChI=1S/C26H30F5NO3/c1-25(2)19(24(33)34)12-21(25)32-13-14-3-9-18-15(11-14)4-10-20(22(18)23(27)28)35-17-7-5-16(6-8-17)26(29,30)31/h3-4,9-11,16-17,19,21,23,32H,5-8,12-13H2,1-2H3,(H,33,34). The number of rotatable bonds is 7. The zero-order chi connectivity index (χ0) is 25.5. The van der Waals surface area contributed by atoms with Gasteiger partial charge >= 0.3 is 12.1 Å². The summed E-state index contributed by atoms with van der Waals surface area (Å²) in [6.07, 6.45) is -6.79. The summed E-state index contributed by atoms with van der Waals surface area (Å²) in [7, 11) is 0. The van der Waals surface area contributed by atoms with E-state index in [0.717, 1.165) is 5.56 Å². The van der Waals surface area contributed by atoms with Crippen LogP contribution in [0.3, 0.4) is 0 Å². The minimum absolute atomic E-state index is 0.0183. The maximum absolute atomic E-state index is 14.0. The van der Waals surface area contributed by atoms with Crippen LogP contribution < -0.4 is 10.1 Å². The lowest BCUT2D eigenvalue weighted by Crippen LogP contribution is -2.58. The highest BCUT2D eigenvalue weighted by molar-refractivity contribution is 5.88. The quantitative estimate of drug-likeness (QED) is 0.409. The summed E-state index contributed by atoms with van der Waals surface area (Å²) in [5.41, 5.74) is 0.257. The van der Waals surface area contributed by atoms with Crippen molar-refractivity contribution in [2.45, 2.75) is 77.2 Å². The zero-order valence-electron chi connectivity index (χ0n) is 19.7. The van der Waals surface area contributed by atoms with Crippen molar-refractivity contribution >= 4 is 16.7 Å². The van der Waals surface area contributed by atoms with Gasteiger partial charge in [-0.15, -0.1) is 0 Å². The van der Waals surface area contributed by atoms with Gasteiger partial charge in [0.25, 0.3) is 6.43 Å². The van der Waals surface area contributed by atoms with E-state index in [-0.39, 0.29) is 48.5 Å². The van der Waals surface area contributed by atoms with Gasteiger partial charge in [-0.3, -0.25) is 4.79 Å². The molecule has 2 fully saturated rings. The molecule has 9 heteroatoms. The predicted molar refractivity (Wildman–Crippen MR) is 121 cm³/mol. The second-order valence-electron chi connectivity index (χ2n) is 10.3. The van der Waals surface area contributed by atoms with Gasteiger partial charge in [-0.1, -0.05) is 32.0 Å². The van der Waals surface area contributed by atoms with Gasteiger partial charge in [0.1, 0.15) is 5.75 Å². The maximum atomic E-state index is 14.0. The normalized spacial score (nSPS) is 26.5. The molecule has 2 saturated carbocycles. The van der Waals surface area contributed by atoms with Crippen molar-refractivity contribution in [2.24, 2.45) is 17.3 Å². The highest BCUT2D eigenvalue weighted by Gasteiger charge is 2.51. The second-order valence-corrected chi connectivity index (χ2v) is 10.3. The summed E-state index contributed by atoms with van der Waals surface area (Å²) in [5, 5.41) is 13.6. The molecule has 0 aromatic heterocycles. The molecule has 192 valence electrons. The summed E-state index contributed by atoms with van der Waals surface area (Å²) in [4.78, 5) is 11.3. The number of hydrogen-bond acceptors (Lipinski definition) is 3. The molecule has 0 aliphatic heterocycles. The van der Waals surface area contributed by atoms with Crippen LogP contribution in [0.15, 0.2) is 30.3 Å². The Bertz CT molecular complexity index is 1080. The average molecular weight is 500 g/mol. The molecule has 0 heterocycles. The van der Waals surface area contributed by atoms with Gasteiger partial charge in [-0.25, -0.2) is 8.78 Å². The minimum Gasteiger partial charge on any atom is -0.490 e. The molecule has 2 atom stereocenters.